The standard InChI is InChI=1S/C16H12Cl2F2N2O2/c17-10-6-7-12(18)21-13(10)15(23)22-8-2-4-9-3-1-5-11(14(9)22)24-16(19)20/h1,3,5-7,16H,2,4,8H2. The predicted molar refractivity (Wildman–Crippen MR) is 87.3 cm³/mol. The van der Waals surface area contributed by atoms with E-state index in [-0.39, 0.29) is 21.6 Å². The summed E-state index contributed by atoms with van der Waals surface area (Å²) in [5.41, 5.74) is 1.06. The Kier molecular flexibility index (Phi) is 4.87. The molecule has 0 bridgehead atoms. The molecule has 1 aliphatic rings. The van der Waals surface area contributed by atoms with E-state index in [0.29, 0.717) is 25.1 Å². The molecule has 0 N–H and O–H groups in total. The van der Waals surface area contributed by atoms with Gasteiger partial charge in [0, 0.05) is 6.54 Å². The van der Waals surface area contributed by atoms with Gasteiger partial charge in [-0.1, -0.05) is 35.3 Å². The van der Waals surface area contributed by atoms with Gasteiger partial charge >= 0.3 is 6.61 Å². The number of rotatable bonds is 3. The van der Waals surface area contributed by atoms with Crippen molar-refractivity contribution in [3.05, 3.63) is 51.8 Å². The van der Waals surface area contributed by atoms with E-state index in [2.05, 4.69) is 9.72 Å². The summed E-state index contributed by atoms with van der Waals surface area (Å²) in [5, 5.41) is 0.265. The van der Waals surface area contributed by atoms with Crippen molar-refractivity contribution >= 4 is 34.8 Å². The summed E-state index contributed by atoms with van der Waals surface area (Å²) in [4.78, 5) is 18.2. The lowest BCUT2D eigenvalue weighted by atomic mass is 10.0. The summed E-state index contributed by atoms with van der Waals surface area (Å²) in [6.45, 7) is -2.64. The molecule has 0 aliphatic carbocycles. The van der Waals surface area contributed by atoms with Crippen LogP contribution in [-0.2, 0) is 6.42 Å². The highest BCUT2D eigenvalue weighted by Crippen LogP contribution is 2.38. The molecule has 24 heavy (non-hydrogen) atoms. The zero-order valence-corrected chi connectivity index (χ0v) is 13.8. The number of para-hydroxylation sites is 1. The Hall–Kier alpha value is -1.92. The lowest BCUT2D eigenvalue weighted by Gasteiger charge is -2.31. The van der Waals surface area contributed by atoms with Gasteiger partial charge in [-0.25, -0.2) is 4.98 Å². The van der Waals surface area contributed by atoms with Gasteiger partial charge in [0.25, 0.3) is 5.91 Å². The van der Waals surface area contributed by atoms with E-state index in [1.165, 1.54) is 23.1 Å². The predicted octanol–water partition coefficient (Wildman–Crippen LogP) is 4.58. The number of nitrogens with zero attached hydrogens (tertiary/aromatic N) is 2. The van der Waals surface area contributed by atoms with Crippen molar-refractivity contribution in [2.45, 2.75) is 19.5 Å². The second-order valence-electron chi connectivity index (χ2n) is 5.17. The molecular formula is C16H12Cl2F2N2O2. The molecule has 3 rings (SSSR count). The number of alkyl halides is 2. The van der Waals surface area contributed by atoms with Crippen LogP contribution in [0, 0.1) is 0 Å². The lowest BCUT2D eigenvalue weighted by Crippen LogP contribution is -2.36. The Labute approximate surface area is 146 Å². The molecule has 1 aromatic carbocycles. The molecule has 1 aliphatic heterocycles. The van der Waals surface area contributed by atoms with Crippen LogP contribution in [0.1, 0.15) is 22.5 Å². The van der Waals surface area contributed by atoms with Crippen molar-refractivity contribution in [1.29, 1.82) is 0 Å². The SMILES string of the molecule is O=C(c1nc(Cl)ccc1Cl)N1CCCc2cccc(OC(F)F)c21. The van der Waals surface area contributed by atoms with Gasteiger partial charge in [-0.15, -0.1) is 0 Å². The van der Waals surface area contributed by atoms with Gasteiger partial charge < -0.3 is 9.64 Å². The molecular weight excluding hydrogens is 361 g/mol. The van der Waals surface area contributed by atoms with Gasteiger partial charge in [0.05, 0.1) is 10.7 Å². The van der Waals surface area contributed by atoms with Crippen LogP contribution in [0.3, 0.4) is 0 Å². The molecule has 126 valence electrons. The maximum atomic E-state index is 12.9. The van der Waals surface area contributed by atoms with E-state index in [1.54, 1.807) is 12.1 Å². The molecule has 0 atom stereocenters. The number of benzene rings is 1. The van der Waals surface area contributed by atoms with Crippen LogP contribution in [0.25, 0.3) is 0 Å². The van der Waals surface area contributed by atoms with Crippen molar-refractivity contribution in [1.82, 2.24) is 4.98 Å². The number of pyridine rings is 1. The fourth-order valence-electron chi connectivity index (χ4n) is 2.71. The van der Waals surface area contributed by atoms with Crippen LogP contribution in [0.2, 0.25) is 10.2 Å². The molecule has 2 aromatic rings. The molecule has 0 spiro atoms. The smallest absolute Gasteiger partial charge is 0.387 e. The number of amides is 1. The Bertz CT molecular complexity index is 787. The normalized spacial score (nSPS) is 13.8. The van der Waals surface area contributed by atoms with Crippen molar-refractivity contribution in [3.8, 4) is 5.75 Å². The number of carbonyl (C=O) groups excluding carboxylic acids is 1. The first-order chi connectivity index (χ1) is 11.5. The number of hydrogen-bond acceptors (Lipinski definition) is 3. The first-order valence-electron chi connectivity index (χ1n) is 7.18. The average Bonchev–Trinajstić information content (AvgIpc) is 2.55. The number of ether oxygens (including phenoxy) is 1. The fourth-order valence-corrected chi connectivity index (χ4v) is 3.04. The number of hydrogen-bond donors (Lipinski definition) is 0. The fraction of sp³-hybridized carbons (Fsp3) is 0.250. The monoisotopic (exact) mass is 372 g/mol. The first-order valence-corrected chi connectivity index (χ1v) is 7.93. The molecule has 4 nitrogen and oxygen atoms in total. The Morgan fingerprint density at radius 2 is 2.04 bits per heavy atom. The summed E-state index contributed by atoms with van der Waals surface area (Å²) >= 11 is 11.9. The number of fused-ring (bicyclic) bond motifs is 1. The van der Waals surface area contributed by atoms with Crippen molar-refractivity contribution in [2.24, 2.45) is 0 Å². The Balaban J connectivity index is 2.05. The van der Waals surface area contributed by atoms with E-state index in [9.17, 15) is 13.6 Å². The summed E-state index contributed by atoms with van der Waals surface area (Å²) in [7, 11) is 0. The van der Waals surface area contributed by atoms with Crippen LogP contribution in [0.15, 0.2) is 30.3 Å². The van der Waals surface area contributed by atoms with Crippen molar-refractivity contribution in [2.75, 3.05) is 11.4 Å². The number of halogens is 4. The van der Waals surface area contributed by atoms with Gasteiger partial charge in [-0.3, -0.25) is 4.79 Å². The van der Waals surface area contributed by atoms with Crippen molar-refractivity contribution < 1.29 is 18.3 Å². The molecule has 1 amide bonds. The highest BCUT2D eigenvalue weighted by atomic mass is 35.5. The van der Waals surface area contributed by atoms with Gasteiger partial charge in [0.2, 0.25) is 0 Å². The van der Waals surface area contributed by atoms with E-state index < -0.39 is 12.5 Å². The molecule has 8 heteroatoms. The molecule has 0 radical (unpaired) electrons. The van der Waals surface area contributed by atoms with Crippen LogP contribution < -0.4 is 9.64 Å². The highest BCUT2D eigenvalue weighted by molar-refractivity contribution is 6.35. The minimum atomic E-state index is -2.98. The molecule has 0 unspecified atom stereocenters. The molecule has 1 aromatic heterocycles. The minimum Gasteiger partial charge on any atom is -0.433 e. The topological polar surface area (TPSA) is 42.4 Å². The quantitative estimate of drug-likeness (QED) is 0.740. The Morgan fingerprint density at radius 3 is 2.79 bits per heavy atom. The Morgan fingerprint density at radius 1 is 1.25 bits per heavy atom. The van der Waals surface area contributed by atoms with Crippen molar-refractivity contribution in [3.63, 3.8) is 0 Å². The number of carbonyl (C=O) groups is 1. The number of aryl methyl sites for hydroxylation is 1. The van der Waals surface area contributed by atoms with E-state index in [1.807, 2.05) is 0 Å². The summed E-state index contributed by atoms with van der Waals surface area (Å²) in [5.74, 6) is -0.553. The van der Waals surface area contributed by atoms with Crippen LogP contribution >= 0.6 is 23.2 Å². The van der Waals surface area contributed by atoms with Crippen LogP contribution in [-0.4, -0.2) is 24.0 Å². The third-order valence-electron chi connectivity index (χ3n) is 3.66. The molecule has 0 saturated carbocycles. The maximum Gasteiger partial charge on any atom is 0.387 e. The highest BCUT2D eigenvalue weighted by Gasteiger charge is 2.29. The van der Waals surface area contributed by atoms with Gasteiger partial charge in [-0.05, 0) is 36.6 Å². The largest absolute Gasteiger partial charge is 0.433 e. The second-order valence-corrected chi connectivity index (χ2v) is 5.96. The molecule has 0 saturated heterocycles. The van der Waals surface area contributed by atoms with E-state index >= 15 is 0 Å². The summed E-state index contributed by atoms with van der Waals surface area (Å²) in [6, 6.07) is 7.74. The number of aromatic nitrogens is 1. The van der Waals surface area contributed by atoms with E-state index in [4.69, 9.17) is 23.2 Å². The minimum absolute atomic E-state index is 0.0242. The van der Waals surface area contributed by atoms with Crippen LogP contribution in [0.5, 0.6) is 5.75 Å². The first kappa shape index (κ1) is 16.9. The third-order valence-corrected chi connectivity index (χ3v) is 4.17. The molecule has 0 fully saturated rings. The summed E-state index contributed by atoms with van der Waals surface area (Å²) < 4.78 is 29.9. The van der Waals surface area contributed by atoms with Crippen LogP contribution in [0.4, 0.5) is 14.5 Å². The van der Waals surface area contributed by atoms with E-state index in [0.717, 1.165) is 5.56 Å². The zero-order valence-electron chi connectivity index (χ0n) is 12.3. The second kappa shape index (κ2) is 6.91. The van der Waals surface area contributed by atoms with Gasteiger partial charge in [-0.2, -0.15) is 8.78 Å². The van der Waals surface area contributed by atoms with Gasteiger partial charge in [0.15, 0.2) is 0 Å². The number of anilines is 1. The lowest BCUT2D eigenvalue weighted by molar-refractivity contribution is -0.0495. The zero-order chi connectivity index (χ0) is 17.3. The summed E-state index contributed by atoms with van der Waals surface area (Å²) in [6.07, 6.45) is 1.35. The maximum absolute atomic E-state index is 12.9. The van der Waals surface area contributed by atoms with Gasteiger partial charge in [0.1, 0.15) is 16.6 Å². The molecule has 2 heterocycles. The average molecular weight is 373 g/mol. The third kappa shape index (κ3) is 3.30.